The molecule has 532 valence electrons. The molecule has 0 aromatic heterocycles. The number of hydrogen-bond donors (Lipinski definition) is 3. The Bertz CT molecular complexity index is 1460. The van der Waals surface area contributed by atoms with Crippen LogP contribution in [0.3, 0.4) is 0 Å². The van der Waals surface area contributed by atoms with E-state index in [9.17, 15) is 19.8 Å². The molecular formula is C84H161NO5. The van der Waals surface area contributed by atoms with Gasteiger partial charge >= 0.3 is 5.97 Å². The molecule has 0 aliphatic carbocycles. The Kier molecular flexibility index (Phi) is 77.8. The predicted octanol–water partition coefficient (Wildman–Crippen LogP) is 27.4. The van der Waals surface area contributed by atoms with E-state index in [2.05, 4.69) is 55.6 Å². The van der Waals surface area contributed by atoms with E-state index in [4.69, 9.17) is 4.74 Å². The summed E-state index contributed by atoms with van der Waals surface area (Å²) < 4.78 is 5.52. The van der Waals surface area contributed by atoms with E-state index in [0.717, 1.165) is 44.9 Å². The SMILES string of the molecule is CCCCCCCC/C=C\CCCCCCCCCCCC(=O)OCCCCCCCCCCCCC/C=C\C/C=C\CCCCCCCCCCCCCCCCCCCC(=O)NC(CO)C(O)CCCCCCCCCCCCCCCCCCCCC. The lowest BCUT2D eigenvalue weighted by Crippen LogP contribution is -2.45. The van der Waals surface area contributed by atoms with Gasteiger partial charge in [-0.25, -0.2) is 0 Å². The second-order valence-corrected chi connectivity index (χ2v) is 28.5. The number of aliphatic hydroxyl groups excluding tert-OH is 2. The molecule has 0 aliphatic heterocycles. The summed E-state index contributed by atoms with van der Waals surface area (Å²) in [6.07, 6.45) is 104. The zero-order valence-corrected chi connectivity index (χ0v) is 61.1. The van der Waals surface area contributed by atoms with E-state index in [-0.39, 0.29) is 18.5 Å². The third-order valence-corrected chi connectivity index (χ3v) is 19.4. The average Bonchev–Trinajstić information content (AvgIpc) is 3.74. The van der Waals surface area contributed by atoms with Crippen molar-refractivity contribution in [2.24, 2.45) is 0 Å². The number of ether oxygens (including phenoxy) is 1. The van der Waals surface area contributed by atoms with Gasteiger partial charge in [0.15, 0.2) is 0 Å². The quantitative estimate of drug-likeness (QED) is 0.0320. The van der Waals surface area contributed by atoms with Gasteiger partial charge in [-0.15, -0.1) is 0 Å². The molecule has 0 aromatic rings. The molecule has 6 nitrogen and oxygen atoms in total. The smallest absolute Gasteiger partial charge is 0.305 e. The van der Waals surface area contributed by atoms with Crippen molar-refractivity contribution in [3.63, 3.8) is 0 Å². The van der Waals surface area contributed by atoms with Gasteiger partial charge in [0.05, 0.1) is 25.4 Å². The summed E-state index contributed by atoms with van der Waals surface area (Å²) in [6.45, 7) is 5.00. The standard InChI is InChI=1S/C84H161NO5/c1-3-5-7-9-11-13-15-17-19-21-40-44-48-52-56-60-64-68-72-76-82(87)81(80-86)85-83(88)77-73-69-65-61-57-53-49-45-42-38-36-34-32-30-28-26-24-23-25-27-29-31-33-35-37-39-43-47-51-55-59-63-67-71-75-79-90-84(89)78-74-70-66-62-58-54-50-46-41-22-20-18-16-14-12-10-8-6-4-2/h18,20,25,27,31,33,81-82,86-87H,3-17,19,21-24,26,28-30,32,34-80H2,1-2H3,(H,85,88)/b20-18-,27-25-,33-31-. The van der Waals surface area contributed by atoms with Crippen molar-refractivity contribution in [2.75, 3.05) is 13.2 Å². The first kappa shape index (κ1) is 88.1. The molecule has 0 spiro atoms. The van der Waals surface area contributed by atoms with E-state index in [1.165, 1.54) is 385 Å². The highest BCUT2D eigenvalue weighted by molar-refractivity contribution is 5.76. The van der Waals surface area contributed by atoms with Crippen LogP contribution in [0.4, 0.5) is 0 Å². The van der Waals surface area contributed by atoms with Gasteiger partial charge in [-0.1, -0.05) is 403 Å². The maximum Gasteiger partial charge on any atom is 0.305 e. The lowest BCUT2D eigenvalue weighted by atomic mass is 10.0. The van der Waals surface area contributed by atoms with Gasteiger partial charge in [0.1, 0.15) is 0 Å². The summed E-state index contributed by atoms with van der Waals surface area (Å²) in [5.41, 5.74) is 0. The number of aliphatic hydroxyl groups is 2. The first-order valence-corrected chi connectivity index (χ1v) is 41.2. The number of esters is 1. The van der Waals surface area contributed by atoms with Gasteiger partial charge in [0.25, 0.3) is 0 Å². The van der Waals surface area contributed by atoms with Crippen molar-refractivity contribution in [3.8, 4) is 0 Å². The van der Waals surface area contributed by atoms with Crippen molar-refractivity contribution < 1.29 is 24.5 Å². The molecule has 2 atom stereocenters. The molecule has 0 radical (unpaired) electrons. The molecule has 0 saturated carbocycles. The highest BCUT2D eigenvalue weighted by atomic mass is 16.5. The van der Waals surface area contributed by atoms with Crippen LogP contribution in [0, 0.1) is 0 Å². The number of carbonyl (C=O) groups is 2. The number of nitrogens with one attached hydrogen (secondary N) is 1. The minimum Gasteiger partial charge on any atom is -0.466 e. The second-order valence-electron chi connectivity index (χ2n) is 28.5. The van der Waals surface area contributed by atoms with Crippen molar-refractivity contribution in [1.82, 2.24) is 5.32 Å². The molecule has 0 aromatic carbocycles. The minimum absolute atomic E-state index is 0.0173. The lowest BCUT2D eigenvalue weighted by Gasteiger charge is -2.22. The number of hydrogen-bond acceptors (Lipinski definition) is 5. The molecule has 0 rings (SSSR count). The average molecular weight is 1270 g/mol. The highest BCUT2D eigenvalue weighted by Crippen LogP contribution is 2.20. The number of amides is 1. The van der Waals surface area contributed by atoms with Crippen LogP contribution in [-0.2, 0) is 14.3 Å². The van der Waals surface area contributed by atoms with Crippen LogP contribution in [0.25, 0.3) is 0 Å². The molecular weight excluding hydrogens is 1100 g/mol. The van der Waals surface area contributed by atoms with Gasteiger partial charge < -0.3 is 20.3 Å². The normalized spacial score (nSPS) is 12.6. The number of carbonyl (C=O) groups excluding carboxylic acids is 2. The molecule has 6 heteroatoms. The number of unbranched alkanes of at least 4 members (excludes halogenated alkanes) is 61. The topological polar surface area (TPSA) is 95.9 Å². The molecule has 0 saturated heterocycles. The van der Waals surface area contributed by atoms with Crippen LogP contribution in [-0.4, -0.2) is 47.4 Å². The van der Waals surface area contributed by atoms with E-state index in [0.29, 0.717) is 25.9 Å². The minimum atomic E-state index is -0.664. The Balaban J connectivity index is 3.36. The fourth-order valence-electron chi connectivity index (χ4n) is 13.1. The van der Waals surface area contributed by atoms with E-state index in [1.54, 1.807) is 0 Å². The van der Waals surface area contributed by atoms with Crippen molar-refractivity contribution in [3.05, 3.63) is 36.5 Å². The first-order valence-electron chi connectivity index (χ1n) is 41.2. The Morgan fingerprint density at radius 2 is 0.556 bits per heavy atom. The molecule has 3 N–H and O–H groups in total. The van der Waals surface area contributed by atoms with Crippen molar-refractivity contribution in [1.29, 1.82) is 0 Å². The molecule has 0 aliphatic rings. The van der Waals surface area contributed by atoms with E-state index in [1.807, 2.05) is 0 Å². The largest absolute Gasteiger partial charge is 0.466 e. The number of rotatable bonds is 78. The zero-order valence-electron chi connectivity index (χ0n) is 61.1. The third-order valence-electron chi connectivity index (χ3n) is 19.4. The van der Waals surface area contributed by atoms with Crippen LogP contribution in [0.5, 0.6) is 0 Å². The molecule has 0 fully saturated rings. The molecule has 0 heterocycles. The van der Waals surface area contributed by atoms with Gasteiger partial charge in [0.2, 0.25) is 5.91 Å². The highest BCUT2D eigenvalue weighted by Gasteiger charge is 2.20. The Labute approximate surface area is 564 Å². The van der Waals surface area contributed by atoms with Gasteiger partial charge in [0, 0.05) is 12.8 Å². The summed E-state index contributed by atoms with van der Waals surface area (Å²) in [5, 5.41) is 23.4. The maximum absolute atomic E-state index is 12.6. The van der Waals surface area contributed by atoms with Crippen LogP contribution < -0.4 is 5.32 Å². The monoisotopic (exact) mass is 1260 g/mol. The number of allylic oxidation sites excluding steroid dienone is 6. The van der Waals surface area contributed by atoms with Crippen LogP contribution in [0.1, 0.15) is 463 Å². The molecule has 1 amide bonds. The van der Waals surface area contributed by atoms with Crippen LogP contribution in [0.2, 0.25) is 0 Å². The third kappa shape index (κ3) is 75.1. The van der Waals surface area contributed by atoms with Gasteiger partial charge in [-0.05, 0) is 83.5 Å². The Hall–Kier alpha value is -1.92. The van der Waals surface area contributed by atoms with E-state index < -0.39 is 12.1 Å². The molecule has 0 bridgehead atoms. The molecule has 2 unspecified atom stereocenters. The van der Waals surface area contributed by atoms with Gasteiger partial charge in [-0.3, -0.25) is 9.59 Å². The lowest BCUT2D eigenvalue weighted by molar-refractivity contribution is -0.143. The predicted molar refractivity (Wildman–Crippen MR) is 398 cm³/mol. The fraction of sp³-hybridized carbons (Fsp3) is 0.905. The van der Waals surface area contributed by atoms with Crippen molar-refractivity contribution in [2.45, 2.75) is 475 Å². The van der Waals surface area contributed by atoms with Crippen LogP contribution in [0.15, 0.2) is 36.5 Å². The first-order chi connectivity index (χ1) is 44.5. The Morgan fingerprint density at radius 1 is 0.311 bits per heavy atom. The summed E-state index contributed by atoms with van der Waals surface area (Å²) >= 11 is 0. The molecule has 90 heavy (non-hydrogen) atoms. The van der Waals surface area contributed by atoms with E-state index >= 15 is 0 Å². The summed E-state index contributed by atoms with van der Waals surface area (Å²) in [5.74, 6) is -0.0107. The summed E-state index contributed by atoms with van der Waals surface area (Å²) in [4.78, 5) is 24.7. The van der Waals surface area contributed by atoms with Crippen LogP contribution >= 0.6 is 0 Å². The summed E-state index contributed by atoms with van der Waals surface area (Å²) in [7, 11) is 0. The summed E-state index contributed by atoms with van der Waals surface area (Å²) in [6, 6.07) is -0.541. The zero-order chi connectivity index (χ0) is 64.9. The Morgan fingerprint density at radius 3 is 0.856 bits per heavy atom. The van der Waals surface area contributed by atoms with Crippen molar-refractivity contribution >= 4 is 11.9 Å². The van der Waals surface area contributed by atoms with Gasteiger partial charge in [-0.2, -0.15) is 0 Å². The maximum atomic E-state index is 12.6. The second kappa shape index (κ2) is 79.5. The fourth-order valence-corrected chi connectivity index (χ4v) is 13.1.